The van der Waals surface area contributed by atoms with Gasteiger partial charge in [-0.15, -0.1) is 0 Å². The van der Waals surface area contributed by atoms with Gasteiger partial charge in [-0.1, -0.05) is 19.8 Å². The summed E-state index contributed by atoms with van der Waals surface area (Å²) in [5.41, 5.74) is 7.47. The van der Waals surface area contributed by atoms with Crippen LogP contribution in [0.1, 0.15) is 44.2 Å². The second-order valence-corrected chi connectivity index (χ2v) is 5.17. The van der Waals surface area contributed by atoms with Crippen LogP contribution in [0.4, 0.5) is 0 Å². The average Bonchev–Trinajstić information content (AvgIpc) is 2.69. The van der Waals surface area contributed by atoms with Gasteiger partial charge in [-0.25, -0.2) is 4.37 Å². The Labute approximate surface area is 89.7 Å². The molecule has 3 unspecified atom stereocenters. The Balaban J connectivity index is 2.00. The van der Waals surface area contributed by atoms with Crippen LogP contribution in [0, 0.1) is 11.8 Å². The highest BCUT2D eigenvalue weighted by Crippen LogP contribution is 2.35. The molecule has 0 spiro atoms. The Bertz CT molecular complexity index is 271. The monoisotopic (exact) mass is 210 g/mol. The quantitative estimate of drug-likeness (QED) is 0.815. The topological polar surface area (TPSA) is 38.9 Å². The van der Waals surface area contributed by atoms with Gasteiger partial charge in [-0.05, 0) is 41.8 Å². The van der Waals surface area contributed by atoms with Gasteiger partial charge in [0.1, 0.15) is 0 Å². The molecule has 14 heavy (non-hydrogen) atoms. The lowest BCUT2D eigenvalue weighted by molar-refractivity contribution is 0.248. The first kappa shape index (κ1) is 10.1. The predicted octanol–water partition coefficient (Wildman–Crippen LogP) is 2.97. The molecule has 2 rings (SSSR count). The molecule has 0 aromatic carbocycles. The van der Waals surface area contributed by atoms with Crippen molar-refractivity contribution in [3.8, 4) is 0 Å². The van der Waals surface area contributed by atoms with E-state index >= 15 is 0 Å². The molecule has 1 heterocycles. The number of rotatable bonds is 2. The van der Waals surface area contributed by atoms with E-state index < -0.39 is 0 Å². The Morgan fingerprint density at radius 2 is 2.43 bits per heavy atom. The zero-order chi connectivity index (χ0) is 9.97. The molecule has 3 atom stereocenters. The molecule has 1 saturated carbocycles. The first-order valence-electron chi connectivity index (χ1n) is 5.42. The maximum absolute atomic E-state index is 6.24. The molecule has 0 bridgehead atoms. The van der Waals surface area contributed by atoms with Crippen LogP contribution in [0.3, 0.4) is 0 Å². The van der Waals surface area contributed by atoms with Gasteiger partial charge in [0.25, 0.3) is 0 Å². The zero-order valence-corrected chi connectivity index (χ0v) is 9.46. The first-order valence-corrected chi connectivity index (χ1v) is 6.26. The van der Waals surface area contributed by atoms with Gasteiger partial charge >= 0.3 is 0 Å². The summed E-state index contributed by atoms with van der Waals surface area (Å²) >= 11 is 1.50. The van der Waals surface area contributed by atoms with Crippen molar-refractivity contribution in [3.63, 3.8) is 0 Å². The van der Waals surface area contributed by atoms with Crippen LogP contribution in [-0.2, 0) is 0 Å². The number of aromatic nitrogens is 1. The molecule has 2 nitrogen and oxygen atoms in total. The third kappa shape index (κ3) is 2.15. The molecule has 1 aliphatic carbocycles. The summed E-state index contributed by atoms with van der Waals surface area (Å²) in [6.45, 7) is 2.34. The molecule has 0 amide bonds. The van der Waals surface area contributed by atoms with Crippen molar-refractivity contribution in [3.05, 3.63) is 17.1 Å². The van der Waals surface area contributed by atoms with Gasteiger partial charge in [-0.2, -0.15) is 0 Å². The van der Waals surface area contributed by atoms with Gasteiger partial charge < -0.3 is 5.73 Å². The van der Waals surface area contributed by atoms with E-state index in [1.165, 1.54) is 42.8 Å². The molecule has 0 saturated heterocycles. The summed E-state index contributed by atoms with van der Waals surface area (Å²) < 4.78 is 4.12. The Morgan fingerprint density at radius 3 is 3.07 bits per heavy atom. The number of hydrogen-bond donors (Lipinski definition) is 1. The van der Waals surface area contributed by atoms with Crippen molar-refractivity contribution in [2.45, 2.75) is 38.6 Å². The molecule has 0 aliphatic heterocycles. The fraction of sp³-hybridized carbons (Fsp3) is 0.727. The van der Waals surface area contributed by atoms with Crippen molar-refractivity contribution < 1.29 is 0 Å². The molecule has 78 valence electrons. The molecule has 1 fully saturated rings. The lowest BCUT2D eigenvalue weighted by atomic mass is 9.77. The van der Waals surface area contributed by atoms with Gasteiger partial charge in [0, 0.05) is 17.6 Å². The van der Waals surface area contributed by atoms with Crippen LogP contribution in [0.15, 0.2) is 11.6 Å². The standard InChI is InChI=1S/C11H18N2S/c1-8-3-2-4-9(5-8)11(12)10-6-13-14-7-10/h6-9,11H,2-5,12H2,1H3. The summed E-state index contributed by atoms with van der Waals surface area (Å²) in [5, 5.41) is 2.09. The van der Waals surface area contributed by atoms with Gasteiger partial charge in [0.05, 0.1) is 0 Å². The highest BCUT2D eigenvalue weighted by atomic mass is 32.1. The summed E-state index contributed by atoms with van der Waals surface area (Å²) in [6, 6.07) is 0.219. The van der Waals surface area contributed by atoms with E-state index in [4.69, 9.17) is 5.73 Å². The van der Waals surface area contributed by atoms with E-state index in [0.29, 0.717) is 5.92 Å². The van der Waals surface area contributed by atoms with Crippen molar-refractivity contribution in [1.29, 1.82) is 0 Å². The second kappa shape index (κ2) is 4.41. The fourth-order valence-corrected chi connectivity index (χ4v) is 3.04. The summed E-state index contributed by atoms with van der Waals surface area (Å²) in [6.07, 6.45) is 7.23. The second-order valence-electron chi connectivity index (χ2n) is 4.52. The Morgan fingerprint density at radius 1 is 1.57 bits per heavy atom. The highest BCUT2D eigenvalue weighted by Gasteiger charge is 2.25. The van der Waals surface area contributed by atoms with Crippen LogP contribution < -0.4 is 5.73 Å². The van der Waals surface area contributed by atoms with Gasteiger partial charge in [0.15, 0.2) is 0 Å². The smallest absolute Gasteiger partial charge is 0.0454 e. The molecule has 1 aliphatic rings. The highest BCUT2D eigenvalue weighted by molar-refractivity contribution is 7.03. The van der Waals surface area contributed by atoms with E-state index in [9.17, 15) is 0 Å². The fourth-order valence-electron chi connectivity index (χ4n) is 2.46. The van der Waals surface area contributed by atoms with Gasteiger partial charge in [-0.3, -0.25) is 0 Å². The van der Waals surface area contributed by atoms with Crippen LogP contribution in [0.25, 0.3) is 0 Å². The summed E-state index contributed by atoms with van der Waals surface area (Å²) in [4.78, 5) is 0. The van der Waals surface area contributed by atoms with E-state index in [2.05, 4.69) is 16.7 Å². The van der Waals surface area contributed by atoms with Crippen molar-refractivity contribution in [2.75, 3.05) is 0 Å². The third-order valence-electron chi connectivity index (χ3n) is 3.32. The molecule has 1 aromatic heterocycles. The third-order valence-corrected chi connectivity index (χ3v) is 3.93. The normalized spacial score (nSPS) is 30.1. The van der Waals surface area contributed by atoms with Gasteiger partial charge in [0.2, 0.25) is 0 Å². The number of nitrogens with two attached hydrogens (primary N) is 1. The molecule has 0 radical (unpaired) electrons. The van der Waals surface area contributed by atoms with E-state index in [1.54, 1.807) is 0 Å². The number of hydrogen-bond acceptors (Lipinski definition) is 3. The Kier molecular flexibility index (Phi) is 3.19. The van der Waals surface area contributed by atoms with E-state index in [0.717, 1.165) is 5.92 Å². The van der Waals surface area contributed by atoms with Crippen LogP contribution >= 0.6 is 11.5 Å². The SMILES string of the molecule is CC1CCCC(C(N)c2cnsc2)C1. The van der Waals surface area contributed by atoms with Crippen molar-refractivity contribution in [2.24, 2.45) is 17.6 Å². The van der Waals surface area contributed by atoms with E-state index in [1.807, 2.05) is 6.20 Å². The lowest BCUT2D eigenvalue weighted by Gasteiger charge is -2.30. The number of nitrogens with zero attached hydrogens (tertiary/aromatic N) is 1. The molecular weight excluding hydrogens is 192 g/mol. The average molecular weight is 210 g/mol. The minimum Gasteiger partial charge on any atom is -0.324 e. The maximum atomic E-state index is 6.24. The minimum atomic E-state index is 0.219. The minimum absolute atomic E-state index is 0.219. The summed E-state index contributed by atoms with van der Waals surface area (Å²) in [7, 11) is 0. The van der Waals surface area contributed by atoms with Crippen LogP contribution in [0.5, 0.6) is 0 Å². The lowest BCUT2D eigenvalue weighted by Crippen LogP contribution is -2.25. The molecule has 1 aromatic rings. The molecule has 2 N–H and O–H groups in total. The van der Waals surface area contributed by atoms with E-state index in [-0.39, 0.29) is 6.04 Å². The first-order chi connectivity index (χ1) is 6.77. The van der Waals surface area contributed by atoms with Crippen LogP contribution in [-0.4, -0.2) is 4.37 Å². The summed E-state index contributed by atoms with van der Waals surface area (Å²) in [5.74, 6) is 1.53. The predicted molar refractivity (Wildman–Crippen MR) is 60.2 cm³/mol. The van der Waals surface area contributed by atoms with Crippen molar-refractivity contribution >= 4 is 11.5 Å². The molecule has 3 heteroatoms. The van der Waals surface area contributed by atoms with Crippen LogP contribution in [0.2, 0.25) is 0 Å². The largest absolute Gasteiger partial charge is 0.324 e. The molecular formula is C11H18N2S. The van der Waals surface area contributed by atoms with Crippen molar-refractivity contribution in [1.82, 2.24) is 4.37 Å². The zero-order valence-electron chi connectivity index (χ0n) is 8.65. The Hall–Kier alpha value is -0.410. The maximum Gasteiger partial charge on any atom is 0.0454 e.